The van der Waals surface area contributed by atoms with Crippen LogP contribution >= 0.6 is 21.5 Å². The van der Waals surface area contributed by atoms with Gasteiger partial charge in [-0.2, -0.15) is 0 Å². The van der Waals surface area contributed by atoms with Gasteiger partial charge in [0.25, 0.3) is 0 Å². The van der Waals surface area contributed by atoms with Crippen molar-refractivity contribution < 1.29 is 0 Å². The van der Waals surface area contributed by atoms with Gasteiger partial charge in [-0.05, 0) is 6.92 Å². The summed E-state index contributed by atoms with van der Waals surface area (Å²) in [4.78, 5) is 0. The third-order valence-electron chi connectivity index (χ3n) is 0.351. The molecule has 0 bridgehead atoms. The zero-order chi connectivity index (χ0) is 4.99. The van der Waals surface area contributed by atoms with Crippen molar-refractivity contribution >= 4 is 26.2 Å². The molecule has 1 nitrogen and oxygen atoms in total. The summed E-state index contributed by atoms with van der Waals surface area (Å²) in [6.45, 7) is 2.93. The predicted molar refractivity (Wildman–Crippen MR) is 36.0 cm³/mol. The number of nitrogens with one attached hydrogen (secondary N) is 1. The van der Waals surface area contributed by atoms with Crippen LogP contribution < -0.4 is 5.32 Å². The first-order valence-electron chi connectivity index (χ1n) is 1.80. The molecule has 0 aromatic rings. The second-order valence-corrected chi connectivity index (χ2v) is 2.33. The number of thiocarbonyl (C=S) groups is 1. The van der Waals surface area contributed by atoms with Crippen molar-refractivity contribution in [1.82, 2.24) is 5.32 Å². The van der Waals surface area contributed by atoms with Gasteiger partial charge in [-0.3, -0.25) is 0 Å². The third kappa shape index (κ3) is 4.32. The minimum Gasteiger partial charge on any atom is -0.377 e. The van der Waals surface area contributed by atoms with Crippen LogP contribution in [-0.4, -0.2) is 11.3 Å². The van der Waals surface area contributed by atoms with Crippen LogP contribution in [0.1, 0.15) is 6.92 Å². The number of hydrogen-bond donors (Lipinski definition) is 1. The van der Waals surface area contributed by atoms with E-state index in [1.165, 1.54) is 0 Å². The van der Waals surface area contributed by atoms with E-state index >= 15 is 0 Å². The maximum absolute atomic E-state index is 4.65. The molecule has 0 aromatic carbocycles. The summed E-state index contributed by atoms with van der Waals surface area (Å²) in [5.41, 5.74) is 0. The third-order valence-corrected chi connectivity index (χ3v) is 0.699. The van der Waals surface area contributed by atoms with E-state index in [0.717, 1.165) is 11.3 Å². The van der Waals surface area contributed by atoms with E-state index < -0.39 is 0 Å². The molecule has 0 radical (unpaired) electrons. The zero-order valence-corrected chi connectivity index (χ0v) is 5.66. The topological polar surface area (TPSA) is 12.0 Å². The Labute approximate surface area is 45.7 Å². The van der Waals surface area contributed by atoms with E-state index in [1.807, 2.05) is 6.92 Å². The zero-order valence-electron chi connectivity index (χ0n) is 3.69. The summed E-state index contributed by atoms with van der Waals surface area (Å²) < 4.78 is 0.789. The first kappa shape index (κ1) is 6.32. The lowest BCUT2D eigenvalue weighted by atomic mass is 10.8. The molecule has 1 N–H and O–H groups in total. The normalized spacial score (nSPS) is 7.67. The van der Waals surface area contributed by atoms with Gasteiger partial charge in [0.05, 0.1) is 4.73 Å². The highest BCUT2D eigenvalue weighted by atomic mass is 32.1. The van der Waals surface area contributed by atoms with Gasteiger partial charge in [0.15, 0.2) is 0 Å². The Morgan fingerprint density at radius 3 is 2.50 bits per heavy atom. The van der Waals surface area contributed by atoms with E-state index in [2.05, 4.69) is 26.8 Å². The smallest absolute Gasteiger partial charge is 0.0919 e. The summed E-state index contributed by atoms with van der Waals surface area (Å²) >= 11 is 4.65. The fraction of sp³-hybridized carbons (Fsp3) is 0.667. The number of hydrogen-bond acceptors (Lipinski definition) is 1. The summed E-state index contributed by atoms with van der Waals surface area (Å²) in [7, 11) is 2.40. The molecular weight excluding hydrogens is 113 g/mol. The summed E-state index contributed by atoms with van der Waals surface area (Å²) in [6, 6.07) is 0. The van der Waals surface area contributed by atoms with Gasteiger partial charge in [0.2, 0.25) is 0 Å². The summed E-state index contributed by atoms with van der Waals surface area (Å²) in [5.74, 6) is 0. The Bertz CT molecular complexity index is 54.8. The van der Waals surface area contributed by atoms with Crippen LogP contribution in [0, 0.1) is 0 Å². The van der Waals surface area contributed by atoms with Crippen molar-refractivity contribution in [3.63, 3.8) is 0 Å². The standard InChI is InChI=1S/C3H8NPS/c1-2-4-3(5)6/h2,5H2,1H3,(H,4,6). The molecule has 0 fully saturated rings. The Morgan fingerprint density at radius 2 is 2.50 bits per heavy atom. The summed E-state index contributed by atoms with van der Waals surface area (Å²) in [6.07, 6.45) is 0. The van der Waals surface area contributed by atoms with Crippen molar-refractivity contribution in [3.8, 4) is 0 Å². The van der Waals surface area contributed by atoms with Gasteiger partial charge in [-0.1, -0.05) is 21.5 Å². The highest BCUT2D eigenvalue weighted by Crippen LogP contribution is 1.80. The molecule has 0 saturated heterocycles. The molecule has 0 heterocycles. The fourth-order valence-corrected chi connectivity index (χ4v) is 0.523. The molecule has 0 aliphatic heterocycles. The van der Waals surface area contributed by atoms with Crippen LogP contribution in [0.5, 0.6) is 0 Å². The minimum absolute atomic E-state index is 0.789. The molecule has 0 spiro atoms. The molecule has 36 valence electrons. The lowest BCUT2D eigenvalue weighted by molar-refractivity contribution is 0.995. The van der Waals surface area contributed by atoms with E-state index in [0.29, 0.717) is 0 Å². The largest absolute Gasteiger partial charge is 0.377 e. The summed E-state index contributed by atoms with van der Waals surface area (Å²) in [5, 5.41) is 2.90. The molecule has 1 atom stereocenters. The van der Waals surface area contributed by atoms with Crippen molar-refractivity contribution in [1.29, 1.82) is 0 Å². The molecule has 3 heteroatoms. The first-order chi connectivity index (χ1) is 2.77. The average molecular weight is 121 g/mol. The molecular formula is C3H8NPS. The Morgan fingerprint density at radius 1 is 2.00 bits per heavy atom. The molecule has 6 heavy (non-hydrogen) atoms. The molecule has 1 unspecified atom stereocenters. The predicted octanol–water partition coefficient (Wildman–Crippen LogP) is 0.756. The highest BCUT2D eigenvalue weighted by molar-refractivity contribution is 7.89. The second-order valence-electron chi connectivity index (χ2n) is 0.895. The van der Waals surface area contributed by atoms with Crippen molar-refractivity contribution in [2.75, 3.05) is 6.54 Å². The van der Waals surface area contributed by atoms with Gasteiger partial charge in [0, 0.05) is 6.54 Å². The van der Waals surface area contributed by atoms with Crippen LogP contribution in [0.4, 0.5) is 0 Å². The lowest BCUT2D eigenvalue weighted by Gasteiger charge is -1.92. The minimum atomic E-state index is 0.789. The average Bonchev–Trinajstić information content (AvgIpc) is 1.35. The molecule has 0 saturated carbocycles. The van der Waals surface area contributed by atoms with Crippen molar-refractivity contribution in [2.24, 2.45) is 0 Å². The van der Waals surface area contributed by atoms with Gasteiger partial charge >= 0.3 is 0 Å². The maximum atomic E-state index is 4.65. The molecule has 0 aliphatic carbocycles. The van der Waals surface area contributed by atoms with Gasteiger partial charge in [0.1, 0.15) is 0 Å². The number of rotatable bonds is 1. The van der Waals surface area contributed by atoms with Crippen LogP contribution in [0.15, 0.2) is 0 Å². The molecule has 0 aromatic heterocycles. The van der Waals surface area contributed by atoms with Crippen LogP contribution in [-0.2, 0) is 0 Å². The Balaban J connectivity index is 2.83. The Kier molecular flexibility index (Phi) is 3.70. The van der Waals surface area contributed by atoms with Crippen LogP contribution in [0.2, 0.25) is 0 Å². The highest BCUT2D eigenvalue weighted by Gasteiger charge is 1.73. The van der Waals surface area contributed by atoms with Crippen molar-refractivity contribution in [3.05, 3.63) is 0 Å². The fourth-order valence-electron chi connectivity index (χ4n) is 0.174. The molecule has 0 amide bonds. The molecule has 0 rings (SSSR count). The first-order valence-corrected chi connectivity index (χ1v) is 2.79. The maximum Gasteiger partial charge on any atom is 0.0919 e. The van der Waals surface area contributed by atoms with E-state index in [-0.39, 0.29) is 0 Å². The molecule has 0 aliphatic rings. The second kappa shape index (κ2) is 3.51. The van der Waals surface area contributed by atoms with Gasteiger partial charge < -0.3 is 5.32 Å². The van der Waals surface area contributed by atoms with E-state index in [1.54, 1.807) is 0 Å². The lowest BCUT2D eigenvalue weighted by Crippen LogP contribution is -2.13. The van der Waals surface area contributed by atoms with Gasteiger partial charge in [-0.15, -0.1) is 0 Å². The Hall–Kier alpha value is 0.320. The van der Waals surface area contributed by atoms with Crippen molar-refractivity contribution in [2.45, 2.75) is 6.92 Å². The van der Waals surface area contributed by atoms with E-state index in [9.17, 15) is 0 Å². The van der Waals surface area contributed by atoms with E-state index in [4.69, 9.17) is 0 Å². The van der Waals surface area contributed by atoms with Crippen LogP contribution in [0.3, 0.4) is 0 Å². The van der Waals surface area contributed by atoms with Crippen LogP contribution in [0.25, 0.3) is 0 Å². The monoisotopic (exact) mass is 121 g/mol. The SMILES string of the molecule is CCNC(P)=S. The quantitative estimate of drug-likeness (QED) is 0.406. The van der Waals surface area contributed by atoms with Gasteiger partial charge in [-0.25, -0.2) is 0 Å².